The Bertz CT molecular complexity index is 693. The number of benzene rings is 1. The van der Waals surface area contributed by atoms with Crippen LogP contribution in [-0.2, 0) is 12.7 Å². The van der Waals surface area contributed by atoms with Crippen LogP contribution in [0.15, 0.2) is 36.4 Å². The van der Waals surface area contributed by atoms with Gasteiger partial charge in [-0.2, -0.15) is 18.3 Å². The average Bonchev–Trinajstić information content (AvgIpc) is 3.00. The molecule has 24 heavy (non-hydrogen) atoms. The highest BCUT2D eigenvalue weighted by molar-refractivity contribution is 5.92. The van der Waals surface area contributed by atoms with Crippen LogP contribution in [0.25, 0.3) is 0 Å². The summed E-state index contributed by atoms with van der Waals surface area (Å²) in [7, 11) is 0. The first-order chi connectivity index (χ1) is 11.4. The van der Waals surface area contributed by atoms with Gasteiger partial charge in [-0.3, -0.25) is 9.89 Å². The molecule has 4 nitrogen and oxygen atoms in total. The summed E-state index contributed by atoms with van der Waals surface area (Å²) in [5.74, 6) is -0.0591. The lowest BCUT2D eigenvalue weighted by Gasteiger charge is -2.32. The lowest BCUT2D eigenvalue weighted by Crippen LogP contribution is -2.37. The van der Waals surface area contributed by atoms with Gasteiger partial charge in [0.25, 0.3) is 5.91 Å². The number of rotatable bonds is 5. The van der Waals surface area contributed by atoms with Crippen LogP contribution < -0.4 is 0 Å². The summed E-state index contributed by atoms with van der Waals surface area (Å²) in [5, 5.41) is 5.46. The minimum Gasteiger partial charge on any atom is -0.333 e. The van der Waals surface area contributed by atoms with E-state index in [0.29, 0.717) is 19.0 Å². The van der Waals surface area contributed by atoms with E-state index in [9.17, 15) is 18.0 Å². The zero-order valence-electron chi connectivity index (χ0n) is 13.0. The summed E-state index contributed by atoms with van der Waals surface area (Å²) in [6, 6.07) is 10.2. The maximum Gasteiger partial charge on any atom is 0.432 e. The van der Waals surface area contributed by atoms with Crippen molar-refractivity contribution < 1.29 is 18.0 Å². The molecule has 1 amide bonds. The van der Waals surface area contributed by atoms with E-state index in [-0.39, 0.29) is 5.69 Å². The Morgan fingerprint density at radius 3 is 2.50 bits per heavy atom. The third-order valence-corrected chi connectivity index (χ3v) is 4.31. The molecular formula is C17H18F3N3O. The van der Waals surface area contributed by atoms with Crippen LogP contribution in [0, 0.1) is 5.92 Å². The van der Waals surface area contributed by atoms with Gasteiger partial charge in [-0.1, -0.05) is 36.8 Å². The molecule has 1 saturated carbocycles. The monoisotopic (exact) mass is 337 g/mol. The molecule has 1 N–H and O–H groups in total. The fourth-order valence-electron chi connectivity index (χ4n) is 2.75. The Morgan fingerprint density at radius 1 is 1.25 bits per heavy atom. The maximum atomic E-state index is 12.7. The number of hydrogen-bond acceptors (Lipinski definition) is 2. The van der Waals surface area contributed by atoms with Crippen molar-refractivity contribution in [1.29, 1.82) is 0 Å². The quantitative estimate of drug-likeness (QED) is 0.900. The first-order valence-electron chi connectivity index (χ1n) is 7.89. The standard InChI is InChI=1S/C17H18F3N3O/c18-17(19,20)15-9-14(21-22-15)16(24)23(11-13-7-4-8-13)10-12-5-2-1-3-6-12/h1-3,5-6,9,13H,4,7-8,10-11H2,(H,21,22). The summed E-state index contributed by atoms with van der Waals surface area (Å²) >= 11 is 0. The Hall–Kier alpha value is -2.31. The molecule has 128 valence electrons. The topological polar surface area (TPSA) is 49.0 Å². The molecule has 0 bridgehead atoms. The molecule has 0 aliphatic heterocycles. The zero-order chi connectivity index (χ0) is 17.2. The molecule has 0 saturated heterocycles. The molecule has 1 aromatic heterocycles. The first kappa shape index (κ1) is 16.5. The average molecular weight is 337 g/mol. The lowest BCUT2D eigenvalue weighted by molar-refractivity contribution is -0.141. The number of carbonyl (C=O) groups excluding carboxylic acids is 1. The van der Waals surface area contributed by atoms with Crippen LogP contribution in [0.1, 0.15) is 41.0 Å². The smallest absolute Gasteiger partial charge is 0.333 e. The van der Waals surface area contributed by atoms with Gasteiger partial charge in [0.05, 0.1) is 0 Å². The summed E-state index contributed by atoms with van der Waals surface area (Å²) < 4.78 is 38.1. The van der Waals surface area contributed by atoms with Crippen LogP contribution in [0.3, 0.4) is 0 Å². The van der Waals surface area contributed by atoms with Gasteiger partial charge in [0.2, 0.25) is 0 Å². The van der Waals surface area contributed by atoms with Crippen molar-refractivity contribution in [1.82, 2.24) is 15.1 Å². The molecule has 3 rings (SSSR count). The molecule has 2 aromatic rings. The van der Waals surface area contributed by atoms with Gasteiger partial charge in [0.15, 0.2) is 5.69 Å². The van der Waals surface area contributed by atoms with Crippen LogP contribution in [0.4, 0.5) is 13.2 Å². The second-order valence-electron chi connectivity index (χ2n) is 6.13. The van der Waals surface area contributed by atoms with Crippen molar-refractivity contribution in [3.63, 3.8) is 0 Å². The molecule has 1 aromatic carbocycles. The number of aromatic amines is 1. The van der Waals surface area contributed by atoms with Crippen molar-refractivity contribution in [2.75, 3.05) is 6.54 Å². The molecule has 1 fully saturated rings. The number of carbonyl (C=O) groups is 1. The molecule has 0 atom stereocenters. The van der Waals surface area contributed by atoms with Gasteiger partial charge in [0, 0.05) is 19.2 Å². The predicted molar refractivity (Wildman–Crippen MR) is 82.1 cm³/mol. The SMILES string of the molecule is O=C(c1cc(C(F)(F)F)[nH]n1)N(Cc1ccccc1)CC1CCC1. The van der Waals surface area contributed by atoms with E-state index in [1.54, 1.807) is 4.90 Å². The van der Waals surface area contributed by atoms with Gasteiger partial charge < -0.3 is 4.90 Å². The van der Waals surface area contributed by atoms with Crippen molar-refractivity contribution in [2.24, 2.45) is 5.92 Å². The van der Waals surface area contributed by atoms with Gasteiger partial charge in [-0.05, 0) is 24.3 Å². The third kappa shape index (κ3) is 3.77. The molecule has 1 aliphatic rings. The number of alkyl halides is 3. The van der Waals surface area contributed by atoms with Crippen molar-refractivity contribution in [3.8, 4) is 0 Å². The Kier molecular flexibility index (Phi) is 4.59. The number of hydrogen-bond donors (Lipinski definition) is 1. The molecule has 1 heterocycles. The minimum atomic E-state index is -4.54. The van der Waals surface area contributed by atoms with Crippen molar-refractivity contribution in [3.05, 3.63) is 53.3 Å². The van der Waals surface area contributed by atoms with E-state index >= 15 is 0 Å². The number of halogens is 3. The van der Waals surface area contributed by atoms with E-state index < -0.39 is 17.8 Å². The zero-order valence-corrected chi connectivity index (χ0v) is 13.0. The Morgan fingerprint density at radius 2 is 1.96 bits per heavy atom. The van der Waals surface area contributed by atoms with E-state index in [2.05, 4.69) is 5.10 Å². The van der Waals surface area contributed by atoms with Crippen LogP contribution in [0.2, 0.25) is 0 Å². The van der Waals surface area contributed by atoms with Gasteiger partial charge in [-0.25, -0.2) is 0 Å². The molecule has 0 spiro atoms. The number of amides is 1. The van der Waals surface area contributed by atoms with E-state index in [1.165, 1.54) is 0 Å². The largest absolute Gasteiger partial charge is 0.432 e. The number of aromatic nitrogens is 2. The second kappa shape index (κ2) is 6.67. The van der Waals surface area contributed by atoms with Crippen LogP contribution >= 0.6 is 0 Å². The number of H-pyrrole nitrogens is 1. The van der Waals surface area contributed by atoms with Gasteiger partial charge in [0.1, 0.15) is 5.69 Å². The van der Waals surface area contributed by atoms with Crippen LogP contribution in [-0.4, -0.2) is 27.5 Å². The summed E-state index contributed by atoms with van der Waals surface area (Å²) in [6.45, 7) is 0.909. The third-order valence-electron chi connectivity index (χ3n) is 4.31. The number of nitrogens with zero attached hydrogens (tertiary/aromatic N) is 2. The van der Waals surface area contributed by atoms with E-state index in [0.717, 1.165) is 30.9 Å². The summed E-state index contributed by atoms with van der Waals surface area (Å²) in [6.07, 6.45) is -1.30. The lowest BCUT2D eigenvalue weighted by atomic mass is 9.85. The molecule has 0 radical (unpaired) electrons. The highest BCUT2D eigenvalue weighted by Gasteiger charge is 2.34. The fraction of sp³-hybridized carbons (Fsp3) is 0.412. The summed E-state index contributed by atoms with van der Waals surface area (Å²) in [5.41, 5.74) is -0.261. The van der Waals surface area contributed by atoms with Crippen molar-refractivity contribution in [2.45, 2.75) is 32.0 Å². The second-order valence-corrected chi connectivity index (χ2v) is 6.13. The van der Waals surface area contributed by atoms with E-state index in [1.807, 2.05) is 35.4 Å². The minimum absolute atomic E-state index is 0.197. The molecule has 7 heteroatoms. The van der Waals surface area contributed by atoms with Gasteiger partial charge in [-0.15, -0.1) is 0 Å². The Balaban J connectivity index is 1.78. The Labute approximate surface area is 137 Å². The first-order valence-corrected chi connectivity index (χ1v) is 7.89. The molecular weight excluding hydrogens is 319 g/mol. The molecule has 1 aliphatic carbocycles. The highest BCUT2D eigenvalue weighted by Crippen LogP contribution is 2.30. The molecule has 0 unspecified atom stereocenters. The van der Waals surface area contributed by atoms with E-state index in [4.69, 9.17) is 0 Å². The van der Waals surface area contributed by atoms with Crippen LogP contribution in [0.5, 0.6) is 0 Å². The van der Waals surface area contributed by atoms with Gasteiger partial charge >= 0.3 is 6.18 Å². The summed E-state index contributed by atoms with van der Waals surface area (Å²) in [4.78, 5) is 14.2. The predicted octanol–water partition coefficient (Wildman–Crippen LogP) is 3.87. The fourth-order valence-corrected chi connectivity index (χ4v) is 2.75. The highest BCUT2D eigenvalue weighted by atomic mass is 19.4. The normalized spacial score (nSPS) is 15.1. The number of nitrogens with one attached hydrogen (secondary N) is 1. The van der Waals surface area contributed by atoms with Crippen molar-refractivity contribution >= 4 is 5.91 Å². The maximum absolute atomic E-state index is 12.7.